The number of likely N-dealkylation sites (tertiary alicyclic amines) is 2. The minimum Gasteiger partial charge on any atom is -0.342 e. The Hall–Kier alpha value is -3.81. The van der Waals surface area contributed by atoms with Crippen molar-refractivity contribution in [1.82, 2.24) is 19.9 Å². The highest BCUT2D eigenvalue weighted by Crippen LogP contribution is 2.30. The smallest absolute Gasteiger partial charge is 0.246 e. The molecule has 186 valence electrons. The van der Waals surface area contributed by atoms with Gasteiger partial charge in [-0.15, -0.1) is 0 Å². The van der Waals surface area contributed by atoms with Crippen LogP contribution in [0.5, 0.6) is 0 Å². The molecule has 8 heteroatoms. The van der Waals surface area contributed by atoms with E-state index in [1.807, 2.05) is 46.2 Å². The first-order valence-corrected chi connectivity index (χ1v) is 12.5. The van der Waals surface area contributed by atoms with E-state index in [1.165, 1.54) is 12.1 Å². The molecule has 0 bridgehead atoms. The number of carbonyl (C=O) groups excluding carboxylic acids is 2. The Morgan fingerprint density at radius 3 is 2.56 bits per heavy atom. The Morgan fingerprint density at radius 2 is 1.78 bits per heavy atom. The van der Waals surface area contributed by atoms with Gasteiger partial charge in [0.05, 0.1) is 5.92 Å². The van der Waals surface area contributed by atoms with E-state index in [0.29, 0.717) is 56.3 Å². The predicted octanol–water partition coefficient (Wildman–Crippen LogP) is 4.53. The molecule has 0 N–H and O–H groups in total. The molecule has 7 nitrogen and oxygen atoms in total. The molecule has 2 amide bonds. The van der Waals surface area contributed by atoms with Gasteiger partial charge in [0.25, 0.3) is 0 Å². The van der Waals surface area contributed by atoms with Gasteiger partial charge in [-0.05, 0) is 49.5 Å². The molecular formula is C28H29FN4O3. The molecule has 0 spiro atoms. The summed E-state index contributed by atoms with van der Waals surface area (Å²) >= 11 is 0. The summed E-state index contributed by atoms with van der Waals surface area (Å²) in [7, 11) is 0. The Morgan fingerprint density at radius 1 is 0.972 bits per heavy atom. The molecule has 3 heterocycles. The molecule has 36 heavy (non-hydrogen) atoms. The van der Waals surface area contributed by atoms with Crippen molar-refractivity contribution in [2.24, 2.45) is 5.92 Å². The maximum atomic E-state index is 13.6. The van der Waals surface area contributed by atoms with Crippen LogP contribution < -0.4 is 0 Å². The molecule has 5 rings (SSSR count). The zero-order valence-electron chi connectivity index (χ0n) is 20.1. The normalized spacial score (nSPS) is 19.1. The van der Waals surface area contributed by atoms with Gasteiger partial charge in [-0.1, -0.05) is 47.6 Å². The SMILES string of the molecule is O=C(/C=C\c1ccccc1)N1CCC(C(=O)N2CCC[C@@H](c3nc(-c4cccc(F)c4)no3)C2)CC1. The van der Waals surface area contributed by atoms with Crippen molar-refractivity contribution in [3.8, 4) is 11.4 Å². The van der Waals surface area contributed by atoms with Crippen molar-refractivity contribution in [2.75, 3.05) is 26.2 Å². The van der Waals surface area contributed by atoms with Crippen LogP contribution in [0, 0.1) is 11.7 Å². The number of carbonyl (C=O) groups is 2. The first-order valence-electron chi connectivity index (χ1n) is 12.5. The predicted molar refractivity (Wildman–Crippen MR) is 133 cm³/mol. The van der Waals surface area contributed by atoms with Crippen molar-refractivity contribution < 1.29 is 18.5 Å². The molecule has 2 saturated heterocycles. The van der Waals surface area contributed by atoms with Crippen LogP contribution in [-0.2, 0) is 9.59 Å². The Bertz CT molecular complexity index is 1230. The molecule has 0 saturated carbocycles. The zero-order valence-corrected chi connectivity index (χ0v) is 20.1. The fourth-order valence-corrected chi connectivity index (χ4v) is 4.97. The molecule has 1 aromatic heterocycles. The van der Waals surface area contributed by atoms with E-state index >= 15 is 0 Å². The van der Waals surface area contributed by atoms with Gasteiger partial charge in [0.1, 0.15) is 5.82 Å². The van der Waals surface area contributed by atoms with Crippen LogP contribution in [0.2, 0.25) is 0 Å². The average molecular weight is 489 g/mol. The molecule has 2 aromatic carbocycles. The van der Waals surface area contributed by atoms with Crippen LogP contribution in [0.25, 0.3) is 17.5 Å². The molecule has 2 aliphatic rings. The lowest BCUT2D eigenvalue weighted by atomic mass is 9.92. The van der Waals surface area contributed by atoms with E-state index < -0.39 is 0 Å². The van der Waals surface area contributed by atoms with Crippen LogP contribution in [-0.4, -0.2) is 57.9 Å². The number of nitrogens with zero attached hydrogens (tertiary/aromatic N) is 4. The zero-order chi connectivity index (χ0) is 24.9. The van der Waals surface area contributed by atoms with Crippen molar-refractivity contribution >= 4 is 17.9 Å². The first-order chi connectivity index (χ1) is 17.6. The molecule has 0 aliphatic carbocycles. The van der Waals surface area contributed by atoms with Crippen molar-refractivity contribution in [3.05, 3.63) is 77.9 Å². The summed E-state index contributed by atoms with van der Waals surface area (Å²) in [6.07, 6.45) is 6.47. The molecule has 3 aromatic rings. The number of aromatic nitrogens is 2. The number of halogens is 1. The summed E-state index contributed by atoms with van der Waals surface area (Å²) in [6, 6.07) is 15.8. The highest BCUT2D eigenvalue weighted by molar-refractivity contribution is 5.92. The third kappa shape index (κ3) is 5.53. The summed E-state index contributed by atoms with van der Waals surface area (Å²) in [5.74, 6) is 0.473. The summed E-state index contributed by atoms with van der Waals surface area (Å²) in [4.78, 5) is 34.1. The van der Waals surface area contributed by atoms with Crippen LogP contribution >= 0.6 is 0 Å². The average Bonchev–Trinajstić information content (AvgIpc) is 3.43. The number of hydrogen-bond acceptors (Lipinski definition) is 5. The third-order valence-electron chi connectivity index (χ3n) is 6.98. The fraction of sp³-hybridized carbons (Fsp3) is 0.357. The quantitative estimate of drug-likeness (QED) is 0.493. The van der Waals surface area contributed by atoms with E-state index in [9.17, 15) is 14.0 Å². The molecule has 1 atom stereocenters. The topological polar surface area (TPSA) is 79.5 Å². The van der Waals surface area contributed by atoms with Crippen molar-refractivity contribution in [3.63, 3.8) is 0 Å². The minimum atomic E-state index is -0.353. The number of amides is 2. The molecular weight excluding hydrogens is 459 g/mol. The Kier molecular flexibility index (Phi) is 7.21. The van der Waals surface area contributed by atoms with Crippen LogP contribution in [0.1, 0.15) is 43.1 Å². The standard InChI is InChI=1S/C28H29FN4O3/c29-24-10-4-8-22(18-24)26-30-27(36-31-26)23-9-5-15-33(19-23)28(35)21-13-16-32(17-14-21)25(34)12-11-20-6-2-1-3-7-20/h1-4,6-8,10-12,18,21,23H,5,9,13-17,19H2/b12-11-/t23-/m1/s1. The molecule has 0 radical (unpaired) electrons. The highest BCUT2D eigenvalue weighted by atomic mass is 19.1. The fourth-order valence-electron chi connectivity index (χ4n) is 4.97. The van der Waals surface area contributed by atoms with Crippen LogP contribution in [0.4, 0.5) is 4.39 Å². The number of benzene rings is 2. The van der Waals surface area contributed by atoms with Crippen molar-refractivity contribution in [2.45, 2.75) is 31.6 Å². The minimum absolute atomic E-state index is 0.0201. The number of rotatable bonds is 5. The molecule has 2 fully saturated rings. The van der Waals surface area contributed by atoms with Gasteiger partial charge in [0, 0.05) is 43.7 Å². The first kappa shape index (κ1) is 23.9. The lowest BCUT2D eigenvalue weighted by molar-refractivity contribution is -0.140. The third-order valence-corrected chi connectivity index (χ3v) is 6.98. The summed E-state index contributed by atoms with van der Waals surface area (Å²) in [6.45, 7) is 2.39. The van der Waals surface area contributed by atoms with E-state index in [0.717, 1.165) is 18.4 Å². The largest absolute Gasteiger partial charge is 0.342 e. The van der Waals surface area contributed by atoms with Gasteiger partial charge in [0.15, 0.2) is 0 Å². The second-order valence-corrected chi connectivity index (χ2v) is 9.43. The van der Waals surface area contributed by atoms with Gasteiger partial charge in [-0.25, -0.2) is 4.39 Å². The van der Waals surface area contributed by atoms with E-state index in [-0.39, 0.29) is 29.5 Å². The second kappa shape index (κ2) is 10.8. The summed E-state index contributed by atoms with van der Waals surface area (Å²) in [5.41, 5.74) is 1.55. The molecule has 0 unspecified atom stereocenters. The summed E-state index contributed by atoms with van der Waals surface area (Å²) in [5, 5.41) is 4.02. The van der Waals surface area contributed by atoms with E-state index in [2.05, 4.69) is 10.1 Å². The lowest BCUT2D eigenvalue weighted by Crippen LogP contribution is -2.46. The number of hydrogen-bond donors (Lipinski definition) is 0. The van der Waals surface area contributed by atoms with Crippen molar-refractivity contribution in [1.29, 1.82) is 0 Å². The molecule has 2 aliphatic heterocycles. The number of piperidine rings is 2. The van der Waals surface area contributed by atoms with Gasteiger partial charge >= 0.3 is 0 Å². The van der Waals surface area contributed by atoms with Gasteiger partial charge < -0.3 is 14.3 Å². The monoisotopic (exact) mass is 488 g/mol. The summed E-state index contributed by atoms with van der Waals surface area (Å²) < 4.78 is 19.0. The Balaban J connectivity index is 1.15. The lowest BCUT2D eigenvalue weighted by Gasteiger charge is -2.36. The van der Waals surface area contributed by atoms with Crippen LogP contribution in [0.3, 0.4) is 0 Å². The maximum Gasteiger partial charge on any atom is 0.246 e. The maximum absolute atomic E-state index is 13.6. The van der Waals surface area contributed by atoms with E-state index in [1.54, 1.807) is 18.2 Å². The van der Waals surface area contributed by atoms with E-state index in [4.69, 9.17) is 4.52 Å². The highest BCUT2D eigenvalue weighted by Gasteiger charge is 2.34. The van der Waals surface area contributed by atoms with Gasteiger partial charge in [-0.2, -0.15) is 4.98 Å². The van der Waals surface area contributed by atoms with Gasteiger partial charge in [-0.3, -0.25) is 9.59 Å². The van der Waals surface area contributed by atoms with Crippen LogP contribution in [0.15, 0.2) is 65.2 Å². The Labute approximate surface area is 209 Å². The van der Waals surface area contributed by atoms with Gasteiger partial charge in [0.2, 0.25) is 23.5 Å². The second-order valence-electron chi connectivity index (χ2n) is 9.43.